The van der Waals surface area contributed by atoms with Gasteiger partial charge in [-0.2, -0.15) is 0 Å². The minimum absolute atomic E-state index is 0.644. The van der Waals surface area contributed by atoms with Crippen LogP contribution in [0.5, 0.6) is 0 Å². The Morgan fingerprint density at radius 2 is 0.925 bits per heavy atom. The second kappa shape index (κ2) is 11.5. The summed E-state index contributed by atoms with van der Waals surface area (Å²) in [7, 11) is 0. The van der Waals surface area contributed by atoms with Gasteiger partial charge in [0, 0.05) is 53.1 Å². The highest BCUT2D eigenvalue weighted by Gasteiger charge is 2.18. The number of benzene rings is 8. The summed E-state index contributed by atoms with van der Waals surface area (Å²) < 4.78 is 7.35. The van der Waals surface area contributed by atoms with E-state index in [2.05, 4.69) is 166 Å². The third-order valence-corrected chi connectivity index (χ3v) is 12.0. The number of hydrogen-bond donors (Lipinski definition) is 0. The minimum atomic E-state index is 0.644. The van der Waals surface area contributed by atoms with Crippen LogP contribution in [0.2, 0.25) is 0 Å². The highest BCUT2D eigenvalue weighted by molar-refractivity contribution is 7.26. The van der Waals surface area contributed by atoms with Crippen molar-refractivity contribution in [2.75, 3.05) is 0 Å². The SMILES string of the molecule is [C-]#[N+]c1ccc(-n2c3ccccc3c3cc(-c4ccc5c(c4)c4cc(-c6cccc7c6sc6ccccc67)ccc4n5-c4ccccc4)ccc32)cc1. The fourth-order valence-electron chi connectivity index (χ4n) is 8.31. The standard InChI is InChI=1S/C49H29N3S/c1-50-34-21-23-36(24-22-34)52-44-16-7-5-12-38(44)41-28-31(18-25-45(41)52)32-19-26-46-42(29-32)43-30-33(20-27-47(43)51(46)35-10-3-2-4-11-35)37-14-9-15-40-39-13-6-8-17-48(39)53-49(37)40/h2-30H. The van der Waals surface area contributed by atoms with E-state index in [0.29, 0.717) is 5.69 Å². The zero-order valence-corrected chi connectivity index (χ0v) is 29.3. The monoisotopic (exact) mass is 691 g/mol. The fraction of sp³-hybridized carbons (Fsp3) is 0. The molecule has 0 saturated carbocycles. The van der Waals surface area contributed by atoms with Crippen molar-refractivity contribution in [1.29, 1.82) is 0 Å². The molecule has 246 valence electrons. The lowest BCUT2D eigenvalue weighted by atomic mass is 9.98. The predicted molar refractivity (Wildman–Crippen MR) is 225 cm³/mol. The van der Waals surface area contributed by atoms with Crippen molar-refractivity contribution in [3.8, 4) is 33.6 Å². The van der Waals surface area contributed by atoms with Gasteiger partial charge in [0.05, 0.1) is 28.6 Å². The quantitative estimate of drug-likeness (QED) is 0.163. The van der Waals surface area contributed by atoms with Crippen molar-refractivity contribution in [3.63, 3.8) is 0 Å². The topological polar surface area (TPSA) is 14.2 Å². The summed E-state index contributed by atoms with van der Waals surface area (Å²) in [6.07, 6.45) is 0. The third-order valence-electron chi connectivity index (χ3n) is 10.7. The van der Waals surface area contributed by atoms with Gasteiger partial charge in [-0.3, -0.25) is 0 Å². The normalized spacial score (nSPS) is 11.8. The smallest absolute Gasteiger partial charge is 0.187 e. The maximum Gasteiger partial charge on any atom is 0.187 e. The van der Waals surface area contributed by atoms with Crippen LogP contribution in [0.4, 0.5) is 5.69 Å². The van der Waals surface area contributed by atoms with Crippen LogP contribution in [0.1, 0.15) is 0 Å². The molecule has 0 spiro atoms. The molecular weight excluding hydrogens is 663 g/mol. The lowest BCUT2D eigenvalue weighted by Gasteiger charge is -2.09. The minimum Gasteiger partial charge on any atom is -0.309 e. The molecule has 4 heteroatoms. The molecule has 3 nitrogen and oxygen atoms in total. The average molecular weight is 692 g/mol. The summed E-state index contributed by atoms with van der Waals surface area (Å²) in [6.45, 7) is 7.41. The molecule has 0 bridgehead atoms. The number of nitrogens with zero attached hydrogens (tertiary/aromatic N) is 3. The van der Waals surface area contributed by atoms with E-state index in [9.17, 15) is 0 Å². The molecule has 11 aromatic rings. The van der Waals surface area contributed by atoms with Crippen molar-refractivity contribution in [2.24, 2.45) is 0 Å². The Morgan fingerprint density at radius 1 is 0.396 bits per heavy atom. The van der Waals surface area contributed by atoms with Crippen LogP contribution in [-0.4, -0.2) is 9.13 Å². The van der Waals surface area contributed by atoms with Crippen LogP contribution in [0.3, 0.4) is 0 Å². The second-order valence-corrected chi connectivity index (χ2v) is 14.7. The summed E-state index contributed by atoms with van der Waals surface area (Å²) >= 11 is 1.88. The van der Waals surface area contributed by atoms with Crippen molar-refractivity contribution in [2.45, 2.75) is 0 Å². The lowest BCUT2D eigenvalue weighted by Crippen LogP contribution is -1.93. The number of para-hydroxylation sites is 2. The molecule has 0 N–H and O–H groups in total. The van der Waals surface area contributed by atoms with E-state index in [-0.39, 0.29) is 0 Å². The van der Waals surface area contributed by atoms with Gasteiger partial charge in [-0.15, -0.1) is 11.3 Å². The molecule has 8 aromatic carbocycles. The number of rotatable bonds is 4. The Morgan fingerprint density at radius 3 is 1.62 bits per heavy atom. The first kappa shape index (κ1) is 29.8. The highest BCUT2D eigenvalue weighted by atomic mass is 32.1. The first-order valence-electron chi connectivity index (χ1n) is 17.8. The maximum absolute atomic E-state index is 7.41. The molecule has 0 unspecified atom stereocenters. The molecule has 0 aliphatic heterocycles. The molecule has 53 heavy (non-hydrogen) atoms. The molecule has 3 heterocycles. The Kier molecular flexibility index (Phi) is 6.48. The summed E-state index contributed by atoms with van der Waals surface area (Å²) in [6, 6.07) is 63.4. The predicted octanol–water partition coefficient (Wildman–Crippen LogP) is 14.1. The van der Waals surface area contributed by atoms with Gasteiger partial charge < -0.3 is 9.13 Å². The maximum atomic E-state index is 7.41. The van der Waals surface area contributed by atoms with Gasteiger partial charge in [-0.25, -0.2) is 4.85 Å². The van der Waals surface area contributed by atoms with Crippen LogP contribution in [0.25, 0.3) is 102 Å². The van der Waals surface area contributed by atoms with Crippen molar-refractivity contribution < 1.29 is 0 Å². The number of fused-ring (bicyclic) bond motifs is 9. The molecule has 0 fully saturated rings. The largest absolute Gasteiger partial charge is 0.309 e. The van der Waals surface area contributed by atoms with Gasteiger partial charge in [-0.05, 0) is 95.1 Å². The fourth-order valence-corrected chi connectivity index (χ4v) is 9.55. The summed E-state index contributed by atoms with van der Waals surface area (Å²) in [5, 5.41) is 7.52. The van der Waals surface area contributed by atoms with Gasteiger partial charge in [0.25, 0.3) is 0 Å². The molecule has 0 aliphatic carbocycles. The van der Waals surface area contributed by atoms with E-state index in [1.807, 2.05) is 35.6 Å². The molecule has 11 rings (SSSR count). The lowest BCUT2D eigenvalue weighted by molar-refractivity contribution is 1.18. The highest BCUT2D eigenvalue weighted by Crippen LogP contribution is 2.43. The van der Waals surface area contributed by atoms with E-state index >= 15 is 0 Å². The summed E-state index contributed by atoms with van der Waals surface area (Å²) in [5.74, 6) is 0. The van der Waals surface area contributed by atoms with Crippen LogP contribution in [-0.2, 0) is 0 Å². The summed E-state index contributed by atoms with van der Waals surface area (Å²) in [5.41, 5.74) is 12.4. The average Bonchev–Trinajstić information content (AvgIpc) is 3.88. The van der Waals surface area contributed by atoms with Crippen LogP contribution in [0, 0.1) is 6.57 Å². The number of thiophene rings is 1. The molecule has 0 atom stereocenters. The Bertz CT molecular complexity index is 3280. The molecule has 3 aromatic heterocycles. The summed E-state index contributed by atoms with van der Waals surface area (Å²) in [4.78, 5) is 3.60. The first-order chi connectivity index (χ1) is 26.2. The van der Waals surface area contributed by atoms with Crippen LogP contribution in [0.15, 0.2) is 176 Å². The molecule has 0 aliphatic rings. The molecular formula is C49H29N3S. The van der Waals surface area contributed by atoms with Gasteiger partial charge in [0.1, 0.15) is 0 Å². The molecule has 0 radical (unpaired) electrons. The zero-order chi connectivity index (χ0) is 35.0. The van der Waals surface area contributed by atoms with Crippen molar-refractivity contribution in [1.82, 2.24) is 9.13 Å². The molecule has 0 amide bonds. The first-order valence-corrected chi connectivity index (χ1v) is 18.6. The van der Waals surface area contributed by atoms with E-state index in [1.165, 1.54) is 75.0 Å². The van der Waals surface area contributed by atoms with Gasteiger partial charge >= 0.3 is 0 Å². The van der Waals surface area contributed by atoms with E-state index in [4.69, 9.17) is 6.57 Å². The Balaban J connectivity index is 1.12. The van der Waals surface area contributed by atoms with Gasteiger partial charge in [0.15, 0.2) is 5.69 Å². The molecule has 0 saturated heterocycles. The van der Waals surface area contributed by atoms with Gasteiger partial charge in [-0.1, -0.05) is 103 Å². The van der Waals surface area contributed by atoms with Crippen molar-refractivity contribution >= 4 is 80.8 Å². The van der Waals surface area contributed by atoms with Crippen LogP contribution < -0.4 is 0 Å². The Labute approximate surface area is 309 Å². The van der Waals surface area contributed by atoms with Gasteiger partial charge in [0.2, 0.25) is 0 Å². The zero-order valence-electron chi connectivity index (χ0n) is 28.5. The third kappa shape index (κ3) is 4.52. The van der Waals surface area contributed by atoms with E-state index in [1.54, 1.807) is 0 Å². The number of aromatic nitrogens is 2. The van der Waals surface area contributed by atoms with E-state index < -0.39 is 0 Å². The number of hydrogen-bond acceptors (Lipinski definition) is 1. The second-order valence-electron chi connectivity index (χ2n) is 13.6. The van der Waals surface area contributed by atoms with Crippen molar-refractivity contribution in [3.05, 3.63) is 187 Å². The Hall–Kier alpha value is -6.93. The van der Waals surface area contributed by atoms with Crippen LogP contribution >= 0.6 is 11.3 Å². The van der Waals surface area contributed by atoms with E-state index in [0.717, 1.165) is 22.4 Å².